The summed E-state index contributed by atoms with van der Waals surface area (Å²) in [5.41, 5.74) is 4.92. The van der Waals surface area contributed by atoms with Gasteiger partial charge in [0.15, 0.2) is 0 Å². The lowest BCUT2D eigenvalue weighted by atomic mass is 9.93. The maximum absolute atomic E-state index is 13.1. The Morgan fingerprint density at radius 1 is 1.12 bits per heavy atom. The van der Waals surface area contributed by atoms with Gasteiger partial charge >= 0.3 is 0 Å². The summed E-state index contributed by atoms with van der Waals surface area (Å²) >= 11 is 6.32. The molecule has 2 aliphatic heterocycles. The Balaban J connectivity index is 1.32. The summed E-state index contributed by atoms with van der Waals surface area (Å²) in [6.45, 7) is 12.7. The van der Waals surface area contributed by atoms with Gasteiger partial charge in [0.2, 0.25) is 5.91 Å². The van der Waals surface area contributed by atoms with Crippen molar-refractivity contribution in [2.75, 3.05) is 45.9 Å². The highest BCUT2D eigenvalue weighted by Crippen LogP contribution is 2.25. The largest absolute Gasteiger partial charge is 0.379 e. The molecule has 2 saturated heterocycles. The number of benzene rings is 1. The number of morpholine rings is 1. The average Bonchev–Trinajstić information content (AvgIpc) is 3.09. The van der Waals surface area contributed by atoms with E-state index in [0.717, 1.165) is 97.9 Å². The fourth-order valence-electron chi connectivity index (χ4n) is 4.82. The average molecular weight is 459 g/mol. The van der Waals surface area contributed by atoms with Crippen molar-refractivity contribution in [3.8, 4) is 5.69 Å². The molecule has 174 valence electrons. The number of carbonyl (C=O) groups excluding carboxylic acids is 1. The van der Waals surface area contributed by atoms with Gasteiger partial charge in [0.05, 0.1) is 31.0 Å². The van der Waals surface area contributed by atoms with E-state index in [2.05, 4.69) is 4.90 Å². The third-order valence-corrected chi connectivity index (χ3v) is 7.50. The SMILES string of the molecule is Cc1ccc(-n2nc(C)c(CC(=O)N3CCC(CCN4CCOCC4)CC3)c2C)cc1Cl. The van der Waals surface area contributed by atoms with Gasteiger partial charge in [-0.15, -0.1) is 0 Å². The van der Waals surface area contributed by atoms with E-state index in [0.29, 0.717) is 6.42 Å². The molecule has 2 aromatic rings. The summed E-state index contributed by atoms with van der Waals surface area (Å²) in [5, 5.41) is 5.43. The molecule has 0 unspecified atom stereocenters. The molecule has 7 heteroatoms. The zero-order chi connectivity index (χ0) is 22.7. The van der Waals surface area contributed by atoms with Crippen molar-refractivity contribution in [3.63, 3.8) is 0 Å². The molecule has 2 fully saturated rings. The van der Waals surface area contributed by atoms with Crippen molar-refractivity contribution in [1.29, 1.82) is 0 Å². The molecule has 6 nitrogen and oxygen atoms in total. The minimum atomic E-state index is 0.212. The van der Waals surface area contributed by atoms with E-state index in [9.17, 15) is 4.79 Å². The lowest BCUT2D eigenvalue weighted by Gasteiger charge is -2.34. The number of amides is 1. The van der Waals surface area contributed by atoms with Crippen LogP contribution in [0.2, 0.25) is 5.02 Å². The first-order valence-electron chi connectivity index (χ1n) is 11.8. The predicted molar refractivity (Wildman–Crippen MR) is 128 cm³/mol. The molecule has 0 aliphatic carbocycles. The summed E-state index contributed by atoms with van der Waals surface area (Å²) in [5.74, 6) is 0.934. The number of piperidine rings is 1. The van der Waals surface area contributed by atoms with Crippen molar-refractivity contribution >= 4 is 17.5 Å². The van der Waals surface area contributed by atoms with Crippen molar-refractivity contribution in [3.05, 3.63) is 45.7 Å². The van der Waals surface area contributed by atoms with Crippen LogP contribution in [-0.2, 0) is 16.0 Å². The molecule has 0 spiro atoms. The monoisotopic (exact) mass is 458 g/mol. The van der Waals surface area contributed by atoms with E-state index in [1.54, 1.807) is 0 Å². The number of halogens is 1. The van der Waals surface area contributed by atoms with Crippen molar-refractivity contribution in [1.82, 2.24) is 19.6 Å². The summed E-state index contributed by atoms with van der Waals surface area (Å²) in [7, 11) is 0. The molecule has 3 heterocycles. The summed E-state index contributed by atoms with van der Waals surface area (Å²) in [4.78, 5) is 17.6. The van der Waals surface area contributed by atoms with Gasteiger partial charge in [-0.05, 0) is 70.2 Å². The summed E-state index contributed by atoms with van der Waals surface area (Å²) in [6, 6.07) is 5.96. The van der Waals surface area contributed by atoms with E-state index < -0.39 is 0 Å². The highest BCUT2D eigenvalue weighted by molar-refractivity contribution is 6.31. The van der Waals surface area contributed by atoms with Crippen LogP contribution in [0.4, 0.5) is 0 Å². The fourth-order valence-corrected chi connectivity index (χ4v) is 4.99. The number of ether oxygens (including phenoxy) is 1. The Labute approximate surface area is 196 Å². The van der Waals surface area contributed by atoms with Gasteiger partial charge in [-0.2, -0.15) is 5.10 Å². The van der Waals surface area contributed by atoms with Crippen LogP contribution in [0.5, 0.6) is 0 Å². The Morgan fingerprint density at radius 3 is 2.53 bits per heavy atom. The van der Waals surface area contributed by atoms with Crippen LogP contribution in [0, 0.1) is 26.7 Å². The van der Waals surface area contributed by atoms with Gasteiger partial charge in [0.25, 0.3) is 0 Å². The zero-order valence-electron chi connectivity index (χ0n) is 19.6. The molecule has 0 saturated carbocycles. The normalized spacial score (nSPS) is 18.3. The Bertz CT molecular complexity index is 944. The number of hydrogen-bond acceptors (Lipinski definition) is 4. The molecular weight excluding hydrogens is 424 g/mol. The van der Waals surface area contributed by atoms with Gasteiger partial charge in [-0.25, -0.2) is 4.68 Å². The first-order chi connectivity index (χ1) is 15.4. The van der Waals surface area contributed by atoms with Crippen molar-refractivity contribution < 1.29 is 9.53 Å². The molecule has 2 aliphatic rings. The molecule has 1 amide bonds. The number of carbonyl (C=O) groups is 1. The van der Waals surface area contributed by atoms with Crippen LogP contribution < -0.4 is 0 Å². The van der Waals surface area contributed by atoms with Crippen LogP contribution in [0.3, 0.4) is 0 Å². The Kier molecular flexibility index (Phi) is 7.54. The van der Waals surface area contributed by atoms with Gasteiger partial charge in [0, 0.05) is 42.5 Å². The quantitative estimate of drug-likeness (QED) is 0.657. The van der Waals surface area contributed by atoms with Crippen molar-refractivity contribution in [2.45, 2.75) is 46.5 Å². The fraction of sp³-hybridized carbons (Fsp3) is 0.600. The van der Waals surface area contributed by atoms with Gasteiger partial charge in [-0.1, -0.05) is 17.7 Å². The smallest absolute Gasteiger partial charge is 0.227 e. The number of aryl methyl sites for hydroxylation is 2. The van der Waals surface area contributed by atoms with E-state index in [4.69, 9.17) is 21.4 Å². The molecule has 1 aromatic carbocycles. The Morgan fingerprint density at radius 2 is 1.84 bits per heavy atom. The molecule has 4 rings (SSSR count). The van der Waals surface area contributed by atoms with Gasteiger partial charge in [-0.3, -0.25) is 9.69 Å². The summed E-state index contributed by atoms with van der Waals surface area (Å²) in [6.07, 6.45) is 3.85. The number of hydrogen-bond donors (Lipinski definition) is 0. The number of aromatic nitrogens is 2. The minimum Gasteiger partial charge on any atom is -0.379 e. The molecule has 32 heavy (non-hydrogen) atoms. The van der Waals surface area contributed by atoms with Crippen LogP contribution in [0.15, 0.2) is 18.2 Å². The predicted octanol–water partition coefficient (Wildman–Crippen LogP) is 3.95. The summed E-state index contributed by atoms with van der Waals surface area (Å²) < 4.78 is 7.34. The molecule has 0 atom stereocenters. The number of likely N-dealkylation sites (tertiary alicyclic amines) is 1. The zero-order valence-corrected chi connectivity index (χ0v) is 20.3. The first kappa shape index (κ1) is 23.3. The molecular formula is C25H35ClN4O2. The molecule has 0 radical (unpaired) electrons. The lowest BCUT2D eigenvalue weighted by Crippen LogP contribution is -2.41. The lowest BCUT2D eigenvalue weighted by molar-refractivity contribution is -0.131. The molecule has 1 aromatic heterocycles. The first-order valence-corrected chi connectivity index (χ1v) is 12.2. The topological polar surface area (TPSA) is 50.6 Å². The van der Waals surface area contributed by atoms with E-state index in [1.807, 2.05) is 48.6 Å². The van der Waals surface area contributed by atoms with E-state index in [1.165, 1.54) is 6.42 Å². The maximum Gasteiger partial charge on any atom is 0.227 e. The Hall–Kier alpha value is -1.89. The second-order valence-corrected chi connectivity index (χ2v) is 9.65. The highest BCUT2D eigenvalue weighted by atomic mass is 35.5. The molecule has 0 bridgehead atoms. The van der Waals surface area contributed by atoms with Crippen LogP contribution >= 0.6 is 11.6 Å². The van der Waals surface area contributed by atoms with Crippen LogP contribution in [0.25, 0.3) is 5.69 Å². The third kappa shape index (κ3) is 5.36. The van der Waals surface area contributed by atoms with E-state index >= 15 is 0 Å². The van der Waals surface area contributed by atoms with Crippen LogP contribution in [0.1, 0.15) is 41.8 Å². The highest BCUT2D eigenvalue weighted by Gasteiger charge is 2.25. The minimum absolute atomic E-state index is 0.212. The van der Waals surface area contributed by atoms with Crippen molar-refractivity contribution in [2.24, 2.45) is 5.92 Å². The molecule has 0 N–H and O–H groups in total. The van der Waals surface area contributed by atoms with E-state index in [-0.39, 0.29) is 5.91 Å². The van der Waals surface area contributed by atoms with Gasteiger partial charge < -0.3 is 9.64 Å². The second-order valence-electron chi connectivity index (χ2n) is 9.24. The number of nitrogens with zero attached hydrogens (tertiary/aromatic N) is 4. The maximum atomic E-state index is 13.1. The van der Waals surface area contributed by atoms with Crippen LogP contribution in [-0.4, -0.2) is 71.4 Å². The number of rotatable bonds is 6. The van der Waals surface area contributed by atoms with Gasteiger partial charge in [0.1, 0.15) is 0 Å². The second kappa shape index (κ2) is 10.4. The standard InChI is InChI=1S/C25H35ClN4O2/c1-18-4-5-22(16-24(18)26)30-20(3)23(19(2)27-30)17-25(31)29-10-7-21(8-11-29)6-9-28-12-14-32-15-13-28/h4-5,16,21H,6-15,17H2,1-3H3. The third-order valence-electron chi connectivity index (χ3n) is 7.09.